The number of rotatable bonds is 4. The lowest BCUT2D eigenvalue weighted by Crippen LogP contribution is -2.43. The first-order valence-corrected chi connectivity index (χ1v) is 6.37. The fourth-order valence-electron chi connectivity index (χ4n) is 1.93. The predicted molar refractivity (Wildman–Crippen MR) is 71.9 cm³/mol. The third-order valence-corrected chi connectivity index (χ3v) is 3.34. The van der Waals surface area contributed by atoms with E-state index in [0.29, 0.717) is 19.0 Å². The van der Waals surface area contributed by atoms with Crippen molar-refractivity contribution in [2.45, 2.75) is 6.10 Å². The van der Waals surface area contributed by atoms with Gasteiger partial charge < -0.3 is 20.1 Å². The number of pyridine rings is 1. The Balaban J connectivity index is 1.99. The summed E-state index contributed by atoms with van der Waals surface area (Å²) in [4.78, 5) is 17.2. The molecule has 1 aliphatic heterocycles. The fraction of sp³-hybridized carbons (Fsp3) is 0.500. The molecule has 6 nitrogen and oxygen atoms in total. The number of likely N-dealkylation sites (N-methyl/N-ethyl adjacent to an activating group) is 1. The molecule has 0 radical (unpaired) electrons. The standard InChI is InChI=1S/C12H16ClN3O3/c1-16-4-5-19-8(7-16)6-15-11-10(13)9(12(17)18)2-3-14-11/h2-3,8H,4-7H2,1H3,(H,14,15)(H,17,18). The van der Waals surface area contributed by atoms with Gasteiger partial charge in [0.2, 0.25) is 0 Å². The number of morpholine rings is 1. The van der Waals surface area contributed by atoms with E-state index in [1.165, 1.54) is 12.3 Å². The molecule has 104 valence electrons. The third kappa shape index (κ3) is 3.56. The molecule has 1 aliphatic rings. The highest BCUT2D eigenvalue weighted by molar-refractivity contribution is 6.35. The van der Waals surface area contributed by atoms with Crippen LogP contribution in [0.2, 0.25) is 5.02 Å². The normalized spacial score (nSPS) is 20.2. The molecule has 0 saturated carbocycles. The second-order valence-electron chi connectivity index (χ2n) is 4.46. The minimum absolute atomic E-state index is 0.0425. The number of ether oxygens (including phenoxy) is 1. The number of nitrogens with zero attached hydrogens (tertiary/aromatic N) is 2. The van der Waals surface area contributed by atoms with E-state index in [-0.39, 0.29) is 16.7 Å². The van der Waals surface area contributed by atoms with Gasteiger partial charge in [-0.25, -0.2) is 9.78 Å². The van der Waals surface area contributed by atoms with Crippen LogP contribution in [0.5, 0.6) is 0 Å². The Labute approximate surface area is 116 Å². The van der Waals surface area contributed by atoms with E-state index in [1.54, 1.807) is 0 Å². The second kappa shape index (κ2) is 6.18. The van der Waals surface area contributed by atoms with Crippen LogP contribution in [0.15, 0.2) is 12.3 Å². The molecule has 19 heavy (non-hydrogen) atoms. The molecular weight excluding hydrogens is 270 g/mol. The number of carbonyl (C=O) groups is 1. The van der Waals surface area contributed by atoms with Crippen molar-refractivity contribution in [3.05, 3.63) is 22.8 Å². The molecule has 1 fully saturated rings. The van der Waals surface area contributed by atoms with E-state index in [2.05, 4.69) is 15.2 Å². The Bertz CT molecular complexity index is 470. The van der Waals surface area contributed by atoms with Crippen molar-refractivity contribution >= 4 is 23.4 Å². The lowest BCUT2D eigenvalue weighted by molar-refractivity contribution is -0.0117. The van der Waals surface area contributed by atoms with Crippen LogP contribution in [0.3, 0.4) is 0 Å². The molecular formula is C12H16ClN3O3. The number of aromatic nitrogens is 1. The Hall–Kier alpha value is -1.37. The first-order valence-electron chi connectivity index (χ1n) is 5.99. The SMILES string of the molecule is CN1CCOC(CNc2nccc(C(=O)O)c2Cl)C1. The van der Waals surface area contributed by atoms with Gasteiger partial charge in [-0.3, -0.25) is 0 Å². The lowest BCUT2D eigenvalue weighted by Gasteiger charge is -2.30. The Kier molecular flexibility index (Phi) is 4.57. The van der Waals surface area contributed by atoms with Crippen molar-refractivity contribution in [1.82, 2.24) is 9.88 Å². The summed E-state index contributed by atoms with van der Waals surface area (Å²) in [7, 11) is 2.03. The molecule has 7 heteroatoms. The molecule has 1 atom stereocenters. The van der Waals surface area contributed by atoms with Gasteiger partial charge in [0, 0.05) is 25.8 Å². The molecule has 1 aromatic heterocycles. The maximum absolute atomic E-state index is 11.0. The molecule has 1 aromatic rings. The highest BCUT2D eigenvalue weighted by atomic mass is 35.5. The molecule has 0 amide bonds. The number of anilines is 1. The van der Waals surface area contributed by atoms with Crippen LogP contribution in [0.4, 0.5) is 5.82 Å². The Morgan fingerprint density at radius 3 is 3.21 bits per heavy atom. The van der Waals surface area contributed by atoms with E-state index < -0.39 is 5.97 Å². The van der Waals surface area contributed by atoms with Gasteiger partial charge >= 0.3 is 5.97 Å². The summed E-state index contributed by atoms with van der Waals surface area (Å²) in [5.41, 5.74) is 0.0425. The van der Waals surface area contributed by atoms with Crippen LogP contribution in [-0.4, -0.2) is 60.4 Å². The average Bonchev–Trinajstić information content (AvgIpc) is 2.37. The summed E-state index contributed by atoms with van der Waals surface area (Å²) in [5.74, 6) is -0.692. The monoisotopic (exact) mass is 285 g/mol. The molecule has 1 unspecified atom stereocenters. The van der Waals surface area contributed by atoms with Crippen LogP contribution in [0, 0.1) is 0 Å². The van der Waals surface area contributed by atoms with Crippen LogP contribution in [0.1, 0.15) is 10.4 Å². The van der Waals surface area contributed by atoms with E-state index in [4.69, 9.17) is 21.4 Å². The highest BCUT2D eigenvalue weighted by Crippen LogP contribution is 2.23. The van der Waals surface area contributed by atoms with Crippen molar-refractivity contribution in [1.29, 1.82) is 0 Å². The third-order valence-electron chi connectivity index (χ3n) is 2.96. The van der Waals surface area contributed by atoms with Crippen molar-refractivity contribution in [3.63, 3.8) is 0 Å². The van der Waals surface area contributed by atoms with E-state index in [9.17, 15) is 4.79 Å². The number of carboxylic acid groups (broad SMARTS) is 1. The number of nitrogens with one attached hydrogen (secondary N) is 1. The minimum atomic E-state index is -1.07. The second-order valence-corrected chi connectivity index (χ2v) is 4.84. The quantitative estimate of drug-likeness (QED) is 0.865. The van der Waals surface area contributed by atoms with Crippen LogP contribution >= 0.6 is 11.6 Å². The largest absolute Gasteiger partial charge is 0.478 e. The van der Waals surface area contributed by atoms with E-state index in [0.717, 1.165) is 13.1 Å². The van der Waals surface area contributed by atoms with Crippen LogP contribution in [0.25, 0.3) is 0 Å². The number of carboxylic acids is 1. The predicted octanol–water partition coefficient (Wildman–Crippen LogP) is 1.18. The van der Waals surface area contributed by atoms with Gasteiger partial charge in [-0.1, -0.05) is 11.6 Å². The average molecular weight is 286 g/mol. The van der Waals surface area contributed by atoms with Gasteiger partial charge in [0.1, 0.15) is 5.82 Å². The molecule has 0 aromatic carbocycles. The molecule has 2 heterocycles. The molecule has 2 rings (SSSR count). The summed E-state index contributed by atoms with van der Waals surface area (Å²) >= 11 is 5.99. The maximum Gasteiger partial charge on any atom is 0.337 e. The summed E-state index contributed by atoms with van der Waals surface area (Å²) in [5, 5.41) is 12.1. The van der Waals surface area contributed by atoms with Crippen LogP contribution in [-0.2, 0) is 4.74 Å². The van der Waals surface area contributed by atoms with Crippen LogP contribution < -0.4 is 5.32 Å². The summed E-state index contributed by atoms with van der Waals surface area (Å²) in [6, 6.07) is 1.38. The van der Waals surface area contributed by atoms with Crippen molar-refractivity contribution in [3.8, 4) is 0 Å². The van der Waals surface area contributed by atoms with Gasteiger partial charge in [0.25, 0.3) is 0 Å². The Morgan fingerprint density at radius 1 is 1.74 bits per heavy atom. The van der Waals surface area contributed by atoms with Crippen molar-refractivity contribution in [2.24, 2.45) is 0 Å². The lowest BCUT2D eigenvalue weighted by atomic mass is 10.2. The first kappa shape index (κ1) is 14.0. The van der Waals surface area contributed by atoms with Crippen molar-refractivity contribution < 1.29 is 14.6 Å². The fourth-order valence-corrected chi connectivity index (χ4v) is 2.19. The van der Waals surface area contributed by atoms with E-state index >= 15 is 0 Å². The van der Waals surface area contributed by atoms with Crippen molar-refractivity contribution in [2.75, 3.05) is 38.6 Å². The number of hydrogen-bond donors (Lipinski definition) is 2. The topological polar surface area (TPSA) is 74.7 Å². The Morgan fingerprint density at radius 2 is 2.53 bits per heavy atom. The summed E-state index contributed by atoms with van der Waals surface area (Å²) < 4.78 is 5.60. The molecule has 2 N–H and O–H groups in total. The molecule has 1 saturated heterocycles. The van der Waals surface area contributed by atoms with Gasteiger partial charge in [-0.2, -0.15) is 0 Å². The number of aromatic carboxylic acids is 1. The highest BCUT2D eigenvalue weighted by Gasteiger charge is 2.19. The minimum Gasteiger partial charge on any atom is -0.478 e. The zero-order chi connectivity index (χ0) is 13.8. The van der Waals surface area contributed by atoms with Gasteiger partial charge in [-0.15, -0.1) is 0 Å². The molecule has 0 aliphatic carbocycles. The first-order chi connectivity index (χ1) is 9.08. The summed E-state index contributed by atoms with van der Waals surface area (Å²) in [6.45, 7) is 2.98. The molecule has 0 spiro atoms. The summed E-state index contributed by atoms with van der Waals surface area (Å²) in [6.07, 6.45) is 1.47. The maximum atomic E-state index is 11.0. The zero-order valence-electron chi connectivity index (χ0n) is 10.6. The molecule has 0 bridgehead atoms. The van der Waals surface area contributed by atoms with Gasteiger partial charge in [0.05, 0.1) is 23.3 Å². The van der Waals surface area contributed by atoms with Gasteiger partial charge in [0.15, 0.2) is 0 Å². The zero-order valence-corrected chi connectivity index (χ0v) is 11.4. The smallest absolute Gasteiger partial charge is 0.337 e. The van der Waals surface area contributed by atoms with Gasteiger partial charge in [-0.05, 0) is 13.1 Å². The number of hydrogen-bond acceptors (Lipinski definition) is 5. The van der Waals surface area contributed by atoms with E-state index in [1.807, 2.05) is 7.05 Å². The number of halogens is 1.